The second-order valence-electron chi connectivity index (χ2n) is 4.53. The molecule has 0 saturated heterocycles. The molecule has 0 spiro atoms. The van der Waals surface area contributed by atoms with Crippen LogP contribution in [0.4, 0.5) is 0 Å². The van der Waals surface area contributed by atoms with Crippen LogP contribution in [0.5, 0.6) is 11.5 Å². The molecular weight excluding hydrogens is 254 g/mol. The molecule has 108 valence electrons. The summed E-state index contributed by atoms with van der Waals surface area (Å²) in [6.45, 7) is 3.39. The number of aromatic nitrogens is 2. The van der Waals surface area contributed by atoms with E-state index in [4.69, 9.17) is 9.47 Å². The predicted octanol–water partition coefficient (Wildman–Crippen LogP) is 2.25. The van der Waals surface area contributed by atoms with Gasteiger partial charge in [0.15, 0.2) is 0 Å². The maximum atomic E-state index is 5.90. The Labute approximate surface area is 119 Å². The van der Waals surface area contributed by atoms with Gasteiger partial charge in [-0.25, -0.2) is 0 Å². The van der Waals surface area contributed by atoms with E-state index >= 15 is 0 Å². The van der Waals surface area contributed by atoms with Gasteiger partial charge < -0.3 is 14.8 Å². The van der Waals surface area contributed by atoms with Crippen LogP contribution in [0.25, 0.3) is 0 Å². The molecule has 1 N–H and O–H groups in total. The third-order valence-electron chi connectivity index (χ3n) is 3.26. The van der Waals surface area contributed by atoms with E-state index in [9.17, 15) is 0 Å². The highest BCUT2D eigenvalue weighted by atomic mass is 16.5. The normalized spacial score (nSPS) is 12.2. The third-order valence-corrected chi connectivity index (χ3v) is 3.26. The number of nitrogens with one attached hydrogen (secondary N) is 1. The number of rotatable bonds is 7. The zero-order valence-electron chi connectivity index (χ0n) is 12.2. The lowest BCUT2D eigenvalue weighted by molar-refractivity contribution is 0.284. The highest BCUT2D eigenvalue weighted by Crippen LogP contribution is 2.29. The van der Waals surface area contributed by atoms with Crippen molar-refractivity contribution in [3.8, 4) is 11.5 Å². The smallest absolute Gasteiger partial charge is 0.127 e. The van der Waals surface area contributed by atoms with Gasteiger partial charge in [-0.2, -0.15) is 5.10 Å². The second kappa shape index (κ2) is 6.96. The van der Waals surface area contributed by atoms with Crippen LogP contribution < -0.4 is 14.8 Å². The van der Waals surface area contributed by atoms with Gasteiger partial charge in [0.1, 0.15) is 18.1 Å². The quantitative estimate of drug-likeness (QED) is 0.842. The van der Waals surface area contributed by atoms with Crippen LogP contribution in [0.15, 0.2) is 36.7 Å². The van der Waals surface area contributed by atoms with Crippen LogP contribution in [0.3, 0.4) is 0 Å². The summed E-state index contributed by atoms with van der Waals surface area (Å²) in [5.41, 5.74) is 1.12. The highest BCUT2D eigenvalue weighted by molar-refractivity contribution is 5.42. The lowest BCUT2D eigenvalue weighted by Gasteiger charge is -2.17. The zero-order valence-corrected chi connectivity index (χ0v) is 12.2. The van der Waals surface area contributed by atoms with E-state index in [1.807, 2.05) is 42.2 Å². The summed E-state index contributed by atoms with van der Waals surface area (Å²) in [7, 11) is 3.59. The van der Waals surface area contributed by atoms with Crippen molar-refractivity contribution in [1.82, 2.24) is 15.1 Å². The number of hydrogen-bond donors (Lipinski definition) is 1. The first-order valence-corrected chi connectivity index (χ1v) is 6.70. The molecule has 0 aliphatic heterocycles. The Hall–Kier alpha value is -2.01. The van der Waals surface area contributed by atoms with Crippen molar-refractivity contribution >= 4 is 0 Å². The van der Waals surface area contributed by atoms with Gasteiger partial charge in [0.25, 0.3) is 0 Å². The molecule has 2 rings (SSSR count). The van der Waals surface area contributed by atoms with Crippen LogP contribution in [-0.2, 0) is 6.54 Å². The molecule has 1 unspecified atom stereocenters. The van der Waals surface area contributed by atoms with Crippen LogP contribution in [0.2, 0.25) is 0 Å². The van der Waals surface area contributed by atoms with E-state index in [0.29, 0.717) is 6.61 Å². The fourth-order valence-electron chi connectivity index (χ4n) is 1.96. The molecular formula is C15H21N3O2. The van der Waals surface area contributed by atoms with Gasteiger partial charge in [-0.1, -0.05) is 6.07 Å². The largest absolute Gasteiger partial charge is 0.497 e. The van der Waals surface area contributed by atoms with Crippen molar-refractivity contribution in [2.24, 2.45) is 0 Å². The Bertz CT molecular complexity index is 526. The van der Waals surface area contributed by atoms with E-state index in [1.165, 1.54) is 0 Å². The summed E-state index contributed by atoms with van der Waals surface area (Å²) < 4.78 is 13.0. The number of nitrogens with zero attached hydrogens (tertiary/aromatic N) is 2. The monoisotopic (exact) mass is 275 g/mol. The fraction of sp³-hybridized carbons (Fsp3) is 0.400. The molecule has 0 saturated carbocycles. The molecule has 5 nitrogen and oxygen atoms in total. The molecule has 0 bridgehead atoms. The van der Waals surface area contributed by atoms with Gasteiger partial charge in [0.05, 0.1) is 13.7 Å². The standard InChI is InChI=1S/C15H21N3O2/c1-12(16-2)14-6-5-13(19-3)11-15(14)20-10-9-18-8-4-7-17-18/h4-8,11-12,16H,9-10H2,1-3H3. The van der Waals surface area contributed by atoms with E-state index in [2.05, 4.69) is 17.3 Å². The molecule has 0 amide bonds. The topological polar surface area (TPSA) is 48.3 Å². The van der Waals surface area contributed by atoms with Gasteiger partial charge in [-0.15, -0.1) is 0 Å². The Morgan fingerprint density at radius 1 is 1.40 bits per heavy atom. The molecule has 1 aromatic carbocycles. The molecule has 1 atom stereocenters. The molecule has 0 aliphatic carbocycles. The Morgan fingerprint density at radius 2 is 2.25 bits per heavy atom. The first kappa shape index (κ1) is 14.4. The van der Waals surface area contributed by atoms with E-state index in [0.717, 1.165) is 23.6 Å². The van der Waals surface area contributed by atoms with Gasteiger partial charge >= 0.3 is 0 Å². The van der Waals surface area contributed by atoms with Gasteiger partial charge in [0, 0.05) is 30.1 Å². The summed E-state index contributed by atoms with van der Waals surface area (Å²) in [5, 5.41) is 7.38. The molecule has 2 aromatic rings. The van der Waals surface area contributed by atoms with Crippen LogP contribution in [0.1, 0.15) is 18.5 Å². The van der Waals surface area contributed by atoms with E-state index in [1.54, 1.807) is 13.3 Å². The number of hydrogen-bond acceptors (Lipinski definition) is 4. The fourth-order valence-corrected chi connectivity index (χ4v) is 1.96. The minimum absolute atomic E-state index is 0.223. The molecule has 0 aliphatic rings. The molecule has 20 heavy (non-hydrogen) atoms. The van der Waals surface area contributed by atoms with Crippen molar-refractivity contribution in [2.45, 2.75) is 19.5 Å². The summed E-state index contributed by atoms with van der Waals surface area (Å²) in [4.78, 5) is 0. The number of methoxy groups -OCH3 is 1. The summed E-state index contributed by atoms with van der Waals surface area (Å²) in [6.07, 6.45) is 3.69. The highest BCUT2D eigenvalue weighted by Gasteiger charge is 2.11. The van der Waals surface area contributed by atoms with Crippen molar-refractivity contribution < 1.29 is 9.47 Å². The van der Waals surface area contributed by atoms with Crippen molar-refractivity contribution in [1.29, 1.82) is 0 Å². The Morgan fingerprint density at radius 3 is 2.90 bits per heavy atom. The van der Waals surface area contributed by atoms with Crippen molar-refractivity contribution in [3.05, 3.63) is 42.2 Å². The van der Waals surface area contributed by atoms with Crippen LogP contribution in [-0.4, -0.2) is 30.5 Å². The van der Waals surface area contributed by atoms with Gasteiger partial charge in [-0.3, -0.25) is 4.68 Å². The third kappa shape index (κ3) is 3.51. The maximum Gasteiger partial charge on any atom is 0.127 e. The van der Waals surface area contributed by atoms with Crippen molar-refractivity contribution in [3.63, 3.8) is 0 Å². The molecule has 0 radical (unpaired) electrons. The summed E-state index contributed by atoms with van der Waals surface area (Å²) >= 11 is 0. The summed E-state index contributed by atoms with van der Waals surface area (Å²) in [6, 6.07) is 8.03. The van der Waals surface area contributed by atoms with Crippen LogP contribution in [0, 0.1) is 0 Å². The summed E-state index contributed by atoms with van der Waals surface area (Å²) in [5.74, 6) is 1.64. The Kier molecular flexibility index (Phi) is 5.01. The molecule has 5 heteroatoms. The average Bonchev–Trinajstić information content (AvgIpc) is 2.99. The first-order chi connectivity index (χ1) is 9.74. The van der Waals surface area contributed by atoms with Gasteiger partial charge in [0.2, 0.25) is 0 Å². The molecule has 1 aromatic heterocycles. The lowest BCUT2D eigenvalue weighted by atomic mass is 10.1. The molecule has 1 heterocycles. The predicted molar refractivity (Wildman–Crippen MR) is 78.2 cm³/mol. The number of ether oxygens (including phenoxy) is 2. The minimum atomic E-state index is 0.223. The van der Waals surface area contributed by atoms with Crippen molar-refractivity contribution in [2.75, 3.05) is 20.8 Å². The van der Waals surface area contributed by atoms with Crippen LogP contribution >= 0.6 is 0 Å². The second-order valence-corrected chi connectivity index (χ2v) is 4.53. The molecule has 0 fully saturated rings. The maximum absolute atomic E-state index is 5.90. The Balaban J connectivity index is 2.07. The first-order valence-electron chi connectivity index (χ1n) is 6.70. The van der Waals surface area contributed by atoms with E-state index < -0.39 is 0 Å². The lowest BCUT2D eigenvalue weighted by Crippen LogP contribution is -2.15. The minimum Gasteiger partial charge on any atom is -0.497 e. The number of benzene rings is 1. The SMILES string of the molecule is CNC(C)c1ccc(OC)cc1OCCn1cccn1. The van der Waals surface area contributed by atoms with Gasteiger partial charge in [-0.05, 0) is 26.1 Å². The average molecular weight is 275 g/mol. The van der Waals surface area contributed by atoms with E-state index in [-0.39, 0.29) is 6.04 Å². The zero-order chi connectivity index (χ0) is 14.4.